The van der Waals surface area contributed by atoms with Gasteiger partial charge in [0.05, 0.1) is 12.0 Å². The summed E-state index contributed by atoms with van der Waals surface area (Å²) >= 11 is 0. The zero-order valence-corrected chi connectivity index (χ0v) is 11.0. The van der Waals surface area contributed by atoms with E-state index in [2.05, 4.69) is 11.6 Å². The van der Waals surface area contributed by atoms with E-state index >= 15 is 0 Å². The van der Waals surface area contributed by atoms with Gasteiger partial charge in [-0.05, 0) is 30.7 Å². The van der Waals surface area contributed by atoms with E-state index < -0.39 is 10.0 Å². The molecule has 0 saturated carbocycles. The van der Waals surface area contributed by atoms with Crippen molar-refractivity contribution in [3.63, 3.8) is 0 Å². The zero-order valence-electron chi connectivity index (χ0n) is 10.2. The minimum Gasteiger partial charge on any atom is -0.497 e. The minimum absolute atomic E-state index is 0.217. The highest BCUT2D eigenvalue weighted by molar-refractivity contribution is 7.89. The Morgan fingerprint density at radius 1 is 1.18 bits per heavy atom. The third kappa shape index (κ3) is 4.36. The van der Waals surface area contributed by atoms with E-state index in [1.165, 1.54) is 12.1 Å². The van der Waals surface area contributed by atoms with Crippen molar-refractivity contribution in [2.75, 3.05) is 13.7 Å². The maximum atomic E-state index is 11.8. The van der Waals surface area contributed by atoms with Crippen LogP contribution in [-0.2, 0) is 10.0 Å². The second-order valence-corrected chi connectivity index (χ2v) is 5.39. The standard InChI is InChI=1S/C12H18NO3S/c1-3-4-5-10-13-17(14,15)12-8-6-11(16-2)7-9-12/h6-9H,3-5,10H2,1-2H3. The molecular weight excluding hydrogens is 238 g/mol. The van der Waals surface area contributed by atoms with Crippen molar-refractivity contribution in [2.24, 2.45) is 0 Å². The van der Waals surface area contributed by atoms with Crippen LogP contribution in [0.15, 0.2) is 29.2 Å². The summed E-state index contributed by atoms with van der Waals surface area (Å²) < 4.78 is 32.3. The van der Waals surface area contributed by atoms with Crippen molar-refractivity contribution in [1.29, 1.82) is 0 Å². The van der Waals surface area contributed by atoms with Crippen LogP contribution in [0.4, 0.5) is 0 Å². The van der Waals surface area contributed by atoms with Crippen molar-refractivity contribution in [2.45, 2.75) is 31.1 Å². The van der Waals surface area contributed by atoms with E-state index in [0.717, 1.165) is 19.3 Å². The van der Waals surface area contributed by atoms with Gasteiger partial charge in [-0.2, -0.15) is 0 Å². The lowest BCUT2D eigenvalue weighted by Crippen LogP contribution is -2.17. The molecule has 0 saturated heterocycles. The predicted molar refractivity (Wildman–Crippen MR) is 66.7 cm³/mol. The topological polar surface area (TPSA) is 57.5 Å². The molecular formula is C12H18NO3S. The van der Waals surface area contributed by atoms with Gasteiger partial charge in [0.25, 0.3) is 10.0 Å². The molecule has 0 amide bonds. The lowest BCUT2D eigenvalue weighted by molar-refractivity contribution is 0.414. The summed E-state index contributed by atoms with van der Waals surface area (Å²) in [6.45, 7) is 2.43. The van der Waals surface area contributed by atoms with Gasteiger partial charge in [0.1, 0.15) is 5.75 Å². The average Bonchev–Trinajstić information content (AvgIpc) is 2.35. The highest BCUT2D eigenvalue weighted by Gasteiger charge is 2.14. The van der Waals surface area contributed by atoms with Crippen LogP contribution in [0.3, 0.4) is 0 Å². The molecule has 0 aliphatic heterocycles. The van der Waals surface area contributed by atoms with Crippen LogP contribution >= 0.6 is 0 Å². The van der Waals surface area contributed by atoms with E-state index in [-0.39, 0.29) is 4.90 Å². The van der Waals surface area contributed by atoms with Gasteiger partial charge in [-0.25, -0.2) is 8.42 Å². The van der Waals surface area contributed by atoms with Gasteiger partial charge in [0.15, 0.2) is 0 Å². The summed E-state index contributed by atoms with van der Waals surface area (Å²) in [4.78, 5) is 0.217. The average molecular weight is 256 g/mol. The number of hydrogen-bond donors (Lipinski definition) is 0. The van der Waals surface area contributed by atoms with Gasteiger partial charge in [-0.1, -0.05) is 19.8 Å². The number of methoxy groups -OCH3 is 1. The molecule has 0 unspecified atom stereocenters. The van der Waals surface area contributed by atoms with Gasteiger partial charge >= 0.3 is 0 Å². The number of rotatable bonds is 7. The van der Waals surface area contributed by atoms with E-state index in [0.29, 0.717) is 12.3 Å². The van der Waals surface area contributed by atoms with Gasteiger partial charge in [0.2, 0.25) is 0 Å². The molecule has 0 aromatic heterocycles. The summed E-state index contributed by atoms with van der Waals surface area (Å²) in [5.41, 5.74) is 0. The zero-order chi connectivity index (χ0) is 12.7. The molecule has 95 valence electrons. The maximum Gasteiger partial charge on any atom is 0.256 e. The van der Waals surface area contributed by atoms with Crippen LogP contribution in [0, 0.1) is 0 Å². The van der Waals surface area contributed by atoms with E-state index in [1.54, 1.807) is 19.2 Å². The Labute approximate surface area is 103 Å². The first-order chi connectivity index (χ1) is 8.10. The third-order valence-electron chi connectivity index (χ3n) is 2.38. The van der Waals surface area contributed by atoms with E-state index in [4.69, 9.17) is 4.74 Å². The first-order valence-corrected chi connectivity index (χ1v) is 7.12. The van der Waals surface area contributed by atoms with Crippen LogP contribution in [0.5, 0.6) is 5.75 Å². The third-order valence-corrected chi connectivity index (χ3v) is 3.77. The molecule has 0 fully saturated rings. The molecule has 4 nitrogen and oxygen atoms in total. The molecule has 0 heterocycles. The Bertz CT molecular complexity index is 426. The number of nitrogens with zero attached hydrogens (tertiary/aromatic N) is 1. The quantitative estimate of drug-likeness (QED) is 0.703. The predicted octanol–water partition coefficient (Wildman–Crippen LogP) is 2.18. The van der Waals surface area contributed by atoms with Crippen molar-refractivity contribution >= 4 is 10.0 Å². The lowest BCUT2D eigenvalue weighted by Gasteiger charge is -2.05. The molecule has 17 heavy (non-hydrogen) atoms. The van der Waals surface area contributed by atoms with Crippen LogP contribution in [-0.4, -0.2) is 22.1 Å². The van der Waals surface area contributed by atoms with Crippen LogP contribution in [0.2, 0.25) is 0 Å². The first-order valence-electron chi connectivity index (χ1n) is 5.68. The molecule has 0 aliphatic carbocycles. The Hall–Kier alpha value is -1.07. The molecule has 1 aromatic rings. The fourth-order valence-corrected chi connectivity index (χ4v) is 2.37. The summed E-state index contributed by atoms with van der Waals surface area (Å²) in [5.74, 6) is 0.634. The second-order valence-electron chi connectivity index (χ2n) is 3.71. The fourth-order valence-electron chi connectivity index (χ4n) is 1.37. The maximum absolute atomic E-state index is 11.8. The van der Waals surface area contributed by atoms with Crippen LogP contribution < -0.4 is 9.46 Å². The number of ether oxygens (including phenoxy) is 1. The summed E-state index contributed by atoms with van der Waals surface area (Å²) in [6, 6.07) is 6.26. The second kappa shape index (κ2) is 6.61. The normalized spacial score (nSPS) is 11.4. The van der Waals surface area contributed by atoms with E-state index in [1.807, 2.05) is 0 Å². The van der Waals surface area contributed by atoms with Crippen molar-refractivity contribution in [3.05, 3.63) is 24.3 Å². The van der Waals surface area contributed by atoms with E-state index in [9.17, 15) is 8.42 Å². The fraction of sp³-hybridized carbons (Fsp3) is 0.500. The van der Waals surface area contributed by atoms with Gasteiger partial charge in [-0.15, -0.1) is 4.72 Å². The smallest absolute Gasteiger partial charge is 0.256 e. The number of sulfonamides is 1. The van der Waals surface area contributed by atoms with Gasteiger partial charge in [-0.3, -0.25) is 0 Å². The molecule has 1 aromatic carbocycles. The number of benzene rings is 1. The molecule has 0 spiro atoms. The Kier molecular flexibility index (Phi) is 5.44. The van der Waals surface area contributed by atoms with Gasteiger partial charge < -0.3 is 4.74 Å². The highest BCUT2D eigenvalue weighted by Crippen LogP contribution is 2.15. The summed E-state index contributed by atoms with van der Waals surface area (Å²) in [6.07, 6.45) is 2.87. The molecule has 0 aliphatic rings. The van der Waals surface area contributed by atoms with Crippen LogP contribution in [0.1, 0.15) is 26.2 Å². The Morgan fingerprint density at radius 2 is 1.82 bits per heavy atom. The highest BCUT2D eigenvalue weighted by atomic mass is 32.2. The number of unbranched alkanes of at least 4 members (excludes halogenated alkanes) is 2. The molecule has 1 rings (SSSR count). The summed E-state index contributed by atoms with van der Waals surface area (Å²) in [5, 5.41) is 0. The molecule has 1 radical (unpaired) electrons. The largest absolute Gasteiger partial charge is 0.497 e. The van der Waals surface area contributed by atoms with Crippen molar-refractivity contribution in [1.82, 2.24) is 4.72 Å². The minimum atomic E-state index is -3.50. The molecule has 0 N–H and O–H groups in total. The molecule has 0 atom stereocenters. The SMILES string of the molecule is CCCCC[N]S(=O)(=O)c1ccc(OC)cc1. The Balaban J connectivity index is 2.62. The Morgan fingerprint density at radius 3 is 2.35 bits per heavy atom. The first kappa shape index (κ1) is 14.0. The molecule has 0 bridgehead atoms. The number of hydrogen-bond acceptors (Lipinski definition) is 3. The van der Waals surface area contributed by atoms with Crippen LogP contribution in [0.25, 0.3) is 0 Å². The van der Waals surface area contributed by atoms with Crippen molar-refractivity contribution < 1.29 is 13.2 Å². The van der Waals surface area contributed by atoms with Crippen molar-refractivity contribution in [3.8, 4) is 5.75 Å². The summed E-state index contributed by atoms with van der Waals surface area (Å²) in [7, 11) is -1.96. The van der Waals surface area contributed by atoms with Gasteiger partial charge in [0, 0.05) is 6.54 Å². The lowest BCUT2D eigenvalue weighted by atomic mass is 10.3. The monoisotopic (exact) mass is 256 g/mol. The molecule has 5 heteroatoms.